The predicted molar refractivity (Wildman–Crippen MR) is 111 cm³/mol. The van der Waals surface area contributed by atoms with E-state index < -0.39 is 0 Å². The lowest BCUT2D eigenvalue weighted by Crippen LogP contribution is -2.13. The normalized spacial score (nSPS) is 10.4. The Balaban J connectivity index is 1.49. The number of rotatable bonds is 7. The number of benzene rings is 2. The molecule has 0 atom stereocenters. The Morgan fingerprint density at radius 2 is 1.75 bits per heavy atom. The molecule has 0 saturated carbocycles. The number of carbonyl (C=O) groups excluding carboxylic acids is 2. The lowest BCUT2D eigenvalue weighted by atomic mass is 10.1. The number of aryl methyl sites for hydroxylation is 1. The van der Waals surface area contributed by atoms with Crippen LogP contribution in [0.15, 0.2) is 52.9 Å². The van der Waals surface area contributed by atoms with Crippen LogP contribution in [-0.4, -0.2) is 34.9 Å². The van der Waals surface area contributed by atoms with Crippen molar-refractivity contribution < 1.29 is 14.3 Å². The molecule has 0 aliphatic heterocycles. The summed E-state index contributed by atoms with van der Waals surface area (Å²) in [7, 11) is 1.59. The molecule has 0 bridgehead atoms. The van der Waals surface area contributed by atoms with Gasteiger partial charge in [0, 0.05) is 11.3 Å². The van der Waals surface area contributed by atoms with Gasteiger partial charge in [-0.05, 0) is 43.3 Å². The molecular weight excluding hydrogens is 396 g/mol. The number of aromatic nitrogens is 2. The molecule has 7 nitrogen and oxygen atoms in total. The molecule has 144 valence electrons. The Hall–Kier alpha value is -2.91. The second kappa shape index (κ2) is 9.34. The molecule has 2 aromatic carbocycles. The number of ether oxygens (including phenoxy) is 1. The Kier molecular flexibility index (Phi) is 6.62. The number of nitrogens with zero attached hydrogens (tertiary/aromatic N) is 2. The maximum absolute atomic E-state index is 12.2. The first-order valence-electron chi connectivity index (χ1n) is 8.32. The number of hydrogen-bond donors (Lipinski definition) is 2. The van der Waals surface area contributed by atoms with Gasteiger partial charge in [0.2, 0.25) is 11.0 Å². The Morgan fingerprint density at radius 1 is 1.04 bits per heavy atom. The average molecular weight is 415 g/mol. The summed E-state index contributed by atoms with van der Waals surface area (Å²) < 4.78 is 5.68. The third kappa shape index (κ3) is 5.54. The fraction of sp³-hybridized carbons (Fsp3) is 0.158. The van der Waals surface area contributed by atoms with E-state index in [1.54, 1.807) is 43.5 Å². The summed E-state index contributed by atoms with van der Waals surface area (Å²) in [4.78, 5) is 24.3. The van der Waals surface area contributed by atoms with Crippen LogP contribution in [0.25, 0.3) is 0 Å². The quantitative estimate of drug-likeness (QED) is 0.451. The third-order valence-electron chi connectivity index (χ3n) is 3.64. The van der Waals surface area contributed by atoms with E-state index in [1.165, 1.54) is 23.1 Å². The fourth-order valence-corrected chi connectivity index (χ4v) is 3.74. The molecule has 0 fully saturated rings. The first-order valence-corrected chi connectivity index (χ1v) is 10.1. The molecule has 2 amide bonds. The summed E-state index contributed by atoms with van der Waals surface area (Å²) in [5.41, 5.74) is 2.32. The highest BCUT2D eigenvalue weighted by Gasteiger charge is 2.12. The second-order valence-corrected chi connectivity index (χ2v) is 7.96. The van der Waals surface area contributed by atoms with Crippen LogP contribution in [0.2, 0.25) is 0 Å². The van der Waals surface area contributed by atoms with Crippen molar-refractivity contribution in [3.05, 3.63) is 59.7 Å². The smallest absolute Gasteiger partial charge is 0.257 e. The minimum atomic E-state index is -0.245. The molecular formula is C19H18N4O3S2. The molecule has 0 spiro atoms. The molecule has 1 heterocycles. The zero-order chi connectivity index (χ0) is 19.9. The summed E-state index contributed by atoms with van der Waals surface area (Å²) >= 11 is 2.48. The molecule has 2 N–H and O–H groups in total. The van der Waals surface area contributed by atoms with E-state index in [-0.39, 0.29) is 17.6 Å². The number of hydrogen-bond acceptors (Lipinski definition) is 7. The predicted octanol–water partition coefficient (Wildman–Crippen LogP) is 3.84. The zero-order valence-corrected chi connectivity index (χ0v) is 16.9. The van der Waals surface area contributed by atoms with Crippen molar-refractivity contribution in [2.24, 2.45) is 0 Å². The largest absolute Gasteiger partial charge is 0.497 e. The van der Waals surface area contributed by atoms with Gasteiger partial charge in [0.15, 0.2) is 4.34 Å². The van der Waals surface area contributed by atoms with Gasteiger partial charge in [0.1, 0.15) is 5.75 Å². The van der Waals surface area contributed by atoms with Gasteiger partial charge in [-0.15, -0.1) is 10.2 Å². The lowest BCUT2D eigenvalue weighted by Gasteiger charge is -2.05. The highest BCUT2D eigenvalue weighted by Crippen LogP contribution is 2.26. The highest BCUT2D eigenvalue weighted by molar-refractivity contribution is 8.01. The summed E-state index contributed by atoms with van der Waals surface area (Å²) in [6.07, 6.45) is 0. The van der Waals surface area contributed by atoms with Crippen molar-refractivity contribution in [3.63, 3.8) is 0 Å². The van der Waals surface area contributed by atoms with Crippen LogP contribution >= 0.6 is 23.1 Å². The molecule has 9 heteroatoms. The minimum Gasteiger partial charge on any atom is -0.497 e. The van der Waals surface area contributed by atoms with Crippen LogP contribution in [0.5, 0.6) is 5.75 Å². The van der Waals surface area contributed by atoms with Crippen LogP contribution in [-0.2, 0) is 4.79 Å². The van der Waals surface area contributed by atoms with Crippen molar-refractivity contribution in [1.29, 1.82) is 0 Å². The van der Waals surface area contributed by atoms with Crippen molar-refractivity contribution in [3.8, 4) is 5.75 Å². The first-order chi connectivity index (χ1) is 13.5. The van der Waals surface area contributed by atoms with E-state index in [1.807, 2.05) is 19.1 Å². The number of methoxy groups -OCH3 is 1. The third-order valence-corrected chi connectivity index (χ3v) is 5.61. The number of anilines is 2. The summed E-state index contributed by atoms with van der Waals surface area (Å²) in [6, 6.07) is 14.3. The summed E-state index contributed by atoms with van der Waals surface area (Å²) in [5, 5.41) is 13.9. The van der Waals surface area contributed by atoms with E-state index in [4.69, 9.17) is 4.74 Å². The standard InChI is InChI=1S/C19H18N4O3S2/c1-12-3-5-13(6-4-12)17(25)21-18-22-23-19(28-18)27-11-16(24)20-14-7-9-15(26-2)10-8-14/h3-10H,11H2,1-2H3,(H,20,24)(H,21,22,25). The van der Waals surface area contributed by atoms with Gasteiger partial charge in [-0.25, -0.2) is 0 Å². The lowest BCUT2D eigenvalue weighted by molar-refractivity contribution is -0.113. The molecule has 0 radical (unpaired) electrons. The second-order valence-electron chi connectivity index (χ2n) is 5.76. The minimum absolute atomic E-state index is 0.157. The zero-order valence-electron chi connectivity index (χ0n) is 15.3. The SMILES string of the molecule is COc1ccc(NC(=O)CSc2nnc(NC(=O)c3ccc(C)cc3)s2)cc1. The van der Waals surface area contributed by atoms with Crippen molar-refractivity contribution in [2.45, 2.75) is 11.3 Å². The van der Waals surface area contributed by atoms with Crippen LogP contribution < -0.4 is 15.4 Å². The van der Waals surface area contributed by atoms with E-state index in [9.17, 15) is 9.59 Å². The summed E-state index contributed by atoms with van der Waals surface area (Å²) in [5.74, 6) is 0.508. The number of carbonyl (C=O) groups is 2. The number of amides is 2. The van der Waals surface area contributed by atoms with Crippen LogP contribution in [0, 0.1) is 6.92 Å². The van der Waals surface area contributed by atoms with Gasteiger partial charge >= 0.3 is 0 Å². The Morgan fingerprint density at radius 3 is 2.43 bits per heavy atom. The topological polar surface area (TPSA) is 93.2 Å². The van der Waals surface area contributed by atoms with E-state index >= 15 is 0 Å². The number of nitrogens with one attached hydrogen (secondary N) is 2. The van der Waals surface area contributed by atoms with E-state index in [2.05, 4.69) is 20.8 Å². The van der Waals surface area contributed by atoms with Gasteiger partial charge < -0.3 is 10.1 Å². The van der Waals surface area contributed by atoms with Gasteiger partial charge in [0.05, 0.1) is 12.9 Å². The fourth-order valence-electron chi connectivity index (χ4n) is 2.19. The first kappa shape index (κ1) is 19.8. The molecule has 3 rings (SSSR count). The van der Waals surface area contributed by atoms with Gasteiger partial charge in [-0.3, -0.25) is 14.9 Å². The van der Waals surface area contributed by atoms with Crippen LogP contribution in [0.1, 0.15) is 15.9 Å². The van der Waals surface area contributed by atoms with Crippen LogP contribution in [0.3, 0.4) is 0 Å². The van der Waals surface area contributed by atoms with Gasteiger partial charge in [-0.1, -0.05) is 40.8 Å². The van der Waals surface area contributed by atoms with Crippen molar-refractivity contribution in [1.82, 2.24) is 10.2 Å². The molecule has 0 aliphatic carbocycles. The van der Waals surface area contributed by atoms with Gasteiger partial charge in [0.25, 0.3) is 5.91 Å². The Bertz CT molecular complexity index is 956. The van der Waals surface area contributed by atoms with Crippen molar-refractivity contribution >= 4 is 45.7 Å². The molecule has 0 aliphatic rings. The molecule has 3 aromatic rings. The monoisotopic (exact) mass is 414 g/mol. The van der Waals surface area contributed by atoms with Crippen LogP contribution in [0.4, 0.5) is 10.8 Å². The maximum Gasteiger partial charge on any atom is 0.257 e. The van der Waals surface area contributed by atoms with Gasteiger partial charge in [-0.2, -0.15) is 0 Å². The highest BCUT2D eigenvalue weighted by atomic mass is 32.2. The molecule has 0 saturated heterocycles. The molecule has 1 aromatic heterocycles. The summed E-state index contributed by atoms with van der Waals surface area (Å²) in [6.45, 7) is 1.96. The number of thioether (sulfide) groups is 1. The Labute approximate surface area is 170 Å². The van der Waals surface area contributed by atoms with Crippen molar-refractivity contribution in [2.75, 3.05) is 23.5 Å². The molecule has 28 heavy (non-hydrogen) atoms. The molecule has 0 unspecified atom stereocenters. The van der Waals surface area contributed by atoms with E-state index in [0.717, 1.165) is 11.3 Å². The maximum atomic E-state index is 12.2. The average Bonchev–Trinajstić information content (AvgIpc) is 3.15. The van der Waals surface area contributed by atoms with E-state index in [0.29, 0.717) is 20.7 Å².